The number of rotatable bonds is 8. The molecule has 1 rings (SSSR count). The summed E-state index contributed by atoms with van der Waals surface area (Å²) in [5.41, 5.74) is 21.8. The van der Waals surface area contributed by atoms with Crippen LogP contribution in [0, 0.1) is 0 Å². The molecule has 1 aliphatic rings. The molecule has 0 aliphatic carbocycles. The van der Waals surface area contributed by atoms with Crippen LogP contribution in [0.3, 0.4) is 0 Å². The summed E-state index contributed by atoms with van der Waals surface area (Å²) in [6.07, 6.45) is 0.777. The van der Waals surface area contributed by atoms with Gasteiger partial charge >= 0.3 is 11.9 Å². The molecule has 25 heavy (non-hydrogen) atoms. The average Bonchev–Trinajstić information content (AvgIpc) is 2.44. The smallest absolute Gasteiger partial charge is 0.335 e. The monoisotopic (exact) mass is 353 g/mol. The Morgan fingerprint density at radius 1 is 1.32 bits per heavy atom. The summed E-state index contributed by atoms with van der Waals surface area (Å²) in [7, 11) is 0. The molecule has 0 bridgehead atoms. The lowest BCUT2D eigenvalue weighted by Gasteiger charge is -2.35. The van der Waals surface area contributed by atoms with E-state index in [0.29, 0.717) is 0 Å². The van der Waals surface area contributed by atoms with E-state index < -0.39 is 23.5 Å². The summed E-state index contributed by atoms with van der Waals surface area (Å²) in [5, 5.41) is 2.52. The highest BCUT2D eigenvalue weighted by Crippen LogP contribution is 2.29. The van der Waals surface area contributed by atoms with Gasteiger partial charge in [-0.25, -0.2) is 19.6 Å². The first-order chi connectivity index (χ1) is 11.5. The van der Waals surface area contributed by atoms with Crippen molar-refractivity contribution in [1.29, 1.82) is 0 Å². The number of hydrogen-bond acceptors (Lipinski definition) is 11. The zero-order chi connectivity index (χ0) is 19.3. The molecule has 0 aromatic carbocycles. The van der Waals surface area contributed by atoms with E-state index >= 15 is 0 Å². The molecule has 0 saturated carbocycles. The van der Waals surface area contributed by atoms with Crippen molar-refractivity contribution in [2.75, 3.05) is 6.61 Å². The highest BCUT2D eigenvalue weighted by atomic mass is 16.6. The number of nitrogens with one attached hydrogen (secondary N) is 1. The standard InChI is InChI=1S/C14H23N7O4/c1-4-9(22)24-6-5-13(20-11(15)19-12(16)21-13)7-14(17,18)25-10(23)8(2)3/h4H,1-2,5-7,17-18H2,3H3,(H5,15,16,19,20,21). The Labute approximate surface area is 144 Å². The number of aliphatic imine (C=N–C) groups is 2. The first-order valence-electron chi connectivity index (χ1n) is 7.22. The van der Waals surface area contributed by atoms with Gasteiger partial charge in [0, 0.05) is 18.1 Å². The highest BCUT2D eigenvalue weighted by molar-refractivity contribution is 5.98. The Hall–Kier alpha value is -2.92. The minimum Gasteiger partial charge on any atom is -0.462 e. The summed E-state index contributed by atoms with van der Waals surface area (Å²) in [5.74, 6) is -3.42. The Kier molecular flexibility index (Phi) is 6.25. The highest BCUT2D eigenvalue weighted by Gasteiger charge is 2.41. The Morgan fingerprint density at radius 3 is 2.36 bits per heavy atom. The fraction of sp³-hybridized carbons (Fsp3) is 0.429. The number of carbonyl (C=O) groups is 2. The van der Waals surface area contributed by atoms with Gasteiger partial charge in [-0.15, -0.1) is 0 Å². The van der Waals surface area contributed by atoms with Crippen LogP contribution in [0.1, 0.15) is 19.8 Å². The fourth-order valence-electron chi connectivity index (χ4n) is 2.05. The fourth-order valence-corrected chi connectivity index (χ4v) is 2.05. The van der Waals surface area contributed by atoms with E-state index in [1.165, 1.54) is 6.92 Å². The second-order valence-corrected chi connectivity index (χ2v) is 5.52. The van der Waals surface area contributed by atoms with Gasteiger partial charge in [0.2, 0.25) is 5.85 Å². The summed E-state index contributed by atoms with van der Waals surface area (Å²) >= 11 is 0. The molecule has 1 heterocycles. The average molecular weight is 353 g/mol. The second-order valence-electron chi connectivity index (χ2n) is 5.52. The Bertz CT molecular complexity index is 621. The molecule has 9 N–H and O–H groups in total. The molecule has 0 atom stereocenters. The normalized spacial score (nSPS) is 16.0. The molecule has 0 spiro atoms. The molecule has 0 radical (unpaired) electrons. The second kappa shape index (κ2) is 7.77. The molecule has 0 unspecified atom stereocenters. The van der Waals surface area contributed by atoms with Crippen molar-refractivity contribution < 1.29 is 19.1 Å². The van der Waals surface area contributed by atoms with E-state index in [1.54, 1.807) is 0 Å². The SMILES string of the molecule is C=CC(=O)OCCC1(CC(N)(N)OC(=O)C(=C)C)N=C(N)NC(N)=N1. The number of ether oxygens (including phenoxy) is 2. The topological polar surface area (TPSA) is 193 Å². The van der Waals surface area contributed by atoms with Crippen LogP contribution in [0.5, 0.6) is 0 Å². The lowest BCUT2D eigenvalue weighted by molar-refractivity contribution is -0.156. The van der Waals surface area contributed by atoms with Crippen molar-refractivity contribution in [3.63, 3.8) is 0 Å². The van der Waals surface area contributed by atoms with Crippen LogP contribution in [0.15, 0.2) is 34.8 Å². The molecule has 0 aromatic heterocycles. The molecule has 11 nitrogen and oxygen atoms in total. The van der Waals surface area contributed by atoms with Crippen molar-refractivity contribution in [3.8, 4) is 0 Å². The molecule has 138 valence electrons. The summed E-state index contributed by atoms with van der Waals surface area (Å²) in [6.45, 7) is 8.09. The van der Waals surface area contributed by atoms with Crippen molar-refractivity contribution in [3.05, 3.63) is 24.8 Å². The quantitative estimate of drug-likeness (QED) is 0.188. The lowest BCUT2D eigenvalue weighted by Crippen LogP contribution is -2.59. The van der Waals surface area contributed by atoms with E-state index in [9.17, 15) is 9.59 Å². The molecular weight excluding hydrogens is 330 g/mol. The van der Waals surface area contributed by atoms with E-state index in [2.05, 4.69) is 28.5 Å². The predicted octanol–water partition coefficient (Wildman–Crippen LogP) is -1.88. The van der Waals surface area contributed by atoms with Gasteiger partial charge in [0.15, 0.2) is 17.6 Å². The zero-order valence-corrected chi connectivity index (χ0v) is 13.9. The van der Waals surface area contributed by atoms with E-state index in [-0.39, 0.29) is 36.9 Å². The van der Waals surface area contributed by atoms with Gasteiger partial charge in [0.05, 0.1) is 13.0 Å². The molecule has 0 amide bonds. The summed E-state index contributed by atoms with van der Waals surface area (Å²) < 4.78 is 9.92. The largest absolute Gasteiger partial charge is 0.462 e. The van der Waals surface area contributed by atoms with Crippen LogP contribution >= 0.6 is 0 Å². The molecule has 0 fully saturated rings. The number of esters is 2. The maximum absolute atomic E-state index is 11.7. The first kappa shape index (κ1) is 20.1. The number of guanidine groups is 2. The predicted molar refractivity (Wildman–Crippen MR) is 91.5 cm³/mol. The third-order valence-electron chi connectivity index (χ3n) is 3.02. The van der Waals surface area contributed by atoms with Gasteiger partial charge in [0.1, 0.15) is 0 Å². The zero-order valence-electron chi connectivity index (χ0n) is 13.9. The van der Waals surface area contributed by atoms with Gasteiger partial charge in [-0.2, -0.15) is 0 Å². The van der Waals surface area contributed by atoms with E-state index in [1.807, 2.05) is 0 Å². The third-order valence-corrected chi connectivity index (χ3v) is 3.02. The number of carbonyl (C=O) groups excluding carboxylic acids is 2. The van der Waals surface area contributed by atoms with Crippen LogP contribution in [0.25, 0.3) is 0 Å². The summed E-state index contributed by atoms with van der Waals surface area (Å²) in [6, 6.07) is 0. The van der Waals surface area contributed by atoms with Crippen molar-refractivity contribution in [1.82, 2.24) is 5.32 Å². The Balaban J connectivity index is 3.00. The number of hydrogen-bond donors (Lipinski definition) is 5. The first-order valence-corrected chi connectivity index (χ1v) is 7.22. The molecular formula is C14H23N7O4. The Morgan fingerprint density at radius 2 is 1.88 bits per heavy atom. The van der Waals surface area contributed by atoms with Gasteiger partial charge in [-0.1, -0.05) is 13.2 Å². The third kappa shape index (κ3) is 6.24. The van der Waals surface area contributed by atoms with Crippen LogP contribution in [0.2, 0.25) is 0 Å². The van der Waals surface area contributed by atoms with Gasteiger partial charge in [-0.3, -0.25) is 16.8 Å². The van der Waals surface area contributed by atoms with Crippen LogP contribution in [-0.4, -0.2) is 42.0 Å². The minimum atomic E-state index is -1.94. The van der Waals surface area contributed by atoms with Gasteiger partial charge < -0.3 is 20.9 Å². The van der Waals surface area contributed by atoms with Crippen LogP contribution in [0.4, 0.5) is 0 Å². The number of nitrogens with two attached hydrogens (primary N) is 4. The molecule has 0 saturated heterocycles. The van der Waals surface area contributed by atoms with Crippen molar-refractivity contribution in [2.45, 2.75) is 31.3 Å². The minimum absolute atomic E-state index is 0.0374. The van der Waals surface area contributed by atoms with Crippen LogP contribution in [-0.2, 0) is 19.1 Å². The van der Waals surface area contributed by atoms with E-state index in [0.717, 1.165) is 6.08 Å². The van der Waals surface area contributed by atoms with Gasteiger partial charge in [0.25, 0.3) is 0 Å². The summed E-state index contributed by atoms with van der Waals surface area (Å²) in [4.78, 5) is 31.2. The lowest BCUT2D eigenvalue weighted by atomic mass is 9.99. The van der Waals surface area contributed by atoms with Crippen molar-refractivity contribution in [2.24, 2.45) is 32.9 Å². The van der Waals surface area contributed by atoms with Crippen LogP contribution < -0.4 is 28.3 Å². The molecule has 0 aromatic rings. The number of nitrogens with zero attached hydrogens (tertiary/aromatic N) is 2. The molecule has 11 heteroatoms. The van der Waals surface area contributed by atoms with Gasteiger partial charge in [-0.05, 0) is 6.92 Å². The van der Waals surface area contributed by atoms with Crippen molar-refractivity contribution >= 4 is 23.9 Å². The maximum atomic E-state index is 11.7. The molecule has 1 aliphatic heterocycles. The van der Waals surface area contributed by atoms with E-state index in [4.69, 9.17) is 32.4 Å². The maximum Gasteiger partial charge on any atom is 0.335 e.